The monoisotopic (exact) mass is 468 g/mol. The minimum Gasteiger partial charge on any atom is -0.315 e. The van der Waals surface area contributed by atoms with Gasteiger partial charge in [-0.15, -0.1) is 0 Å². The van der Waals surface area contributed by atoms with Crippen LogP contribution in [0.5, 0.6) is 0 Å². The largest absolute Gasteiger partial charge is 0.326 e. The van der Waals surface area contributed by atoms with Crippen molar-refractivity contribution in [2.75, 3.05) is 32.8 Å². The van der Waals surface area contributed by atoms with Crippen molar-refractivity contribution in [3.63, 3.8) is 0 Å². The fourth-order valence-electron chi connectivity index (χ4n) is 5.06. The summed E-state index contributed by atoms with van der Waals surface area (Å²) < 4.78 is 0. The fourth-order valence-corrected chi connectivity index (χ4v) is 5.06. The Kier molecular flexibility index (Phi) is 6.41. The van der Waals surface area contributed by atoms with Crippen molar-refractivity contribution in [2.24, 2.45) is 0 Å². The maximum Gasteiger partial charge on any atom is 0.326 e. The van der Waals surface area contributed by atoms with Crippen LogP contribution >= 0.6 is 0 Å². The van der Waals surface area contributed by atoms with E-state index < -0.39 is 5.54 Å². The molecule has 3 aromatic carbocycles. The molecule has 1 N–H and O–H groups in total. The third-order valence-electron chi connectivity index (χ3n) is 7.31. The highest BCUT2D eigenvalue weighted by atomic mass is 16.2. The number of imide groups is 1. The van der Waals surface area contributed by atoms with E-state index in [2.05, 4.69) is 39.4 Å². The second kappa shape index (κ2) is 9.64. The highest BCUT2D eigenvalue weighted by molar-refractivity contribution is 6.09. The molecular formula is C29H32N4O2. The van der Waals surface area contributed by atoms with E-state index in [1.807, 2.05) is 68.4 Å². The molecule has 2 heterocycles. The number of nitrogens with zero attached hydrogens (tertiary/aromatic N) is 3. The number of aryl methyl sites for hydroxylation is 2. The van der Waals surface area contributed by atoms with Crippen molar-refractivity contribution in [3.05, 3.63) is 107 Å². The fraction of sp³-hybridized carbons (Fsp3) is 0.310. The molecule has 180 valence electrons. The van der Waals surface area contributed by atoms with Crippen LogP contribution in [0.3, 0.4) is 0 Å². The molecule has 0 radical (unpaired) electrons. The van der Waals surface area contributed by atoms with E-state index in [9.17, 15) is 9.59 Å². The Morgan fingerprint density at radius 2 is 1.37 bits per heavy atom. The van der Waals surface area contributed by atoms with Crippen molar-refractivity contribution in [1.29, 1.82) is 0 Å². The van der Waals surface area contributed by atoms with Crippen molar-refractivity contribution >= 4 is 11.9 Å². The van der Waals surface area contributed by atoms with Gasteiger partial charge in [0.15, 0.2) is 5.54 Å². The first-order valence-corrected chi connectivity index (χ1v) is 12.2. The van der Waals surface area contributed by atoms with Gasteiger partial charge in [-0.05, 0) is 41.7 Å². The standard InChI is InChI=1S/C29H32N4O2/c1-22-13-14-26(19-23(22)2)29(25-11-7-4-8-12-25)27(34)33(28(35)30-29)21-32-17-15-31(16-18-32)20-24-9-5-3-6-10-24/h3-14,19H,15-18,20-21H2,1-2H3,(H,30,35). The number of rotatable bonds is 6. The highest BCUT2D eigenvalue weighted by Crippen LogP contribution is 2.37. The second-order valence-corrected chi connectivity index (χ2v) is 9.60. The number of carbonyl (C=O) groups excluding carboxylic acids is 2. The Morgan fingerprint density at radius 3 is 2.03 bits per heavy atom. The average Bonchev–Trinajstić information content (AvgIpc) is 3.13. The van der Waals surface area contributed by atoms with Crippen molar-refractivity contribution in [3.8, 4) is 0 Å². The van der Waals surface area contributed by atoms with E-state index in [1.165, 1.54) is 10.5 Å². The molecule has 2 fully saturated rings. The van der Waals surface area contributed by atoms with Crippen LogP contribution in [0.15, 0.2) is 78.9 Å². The highest BCUT2D eigenvalue weighted by Gasteiger charge is 2.54. The predicted octanol–water partition coefficient (Wildman–Crippen LogP) is 3.87. The van der Waals surface area contributed by atoms with E-state index in [0.29, 0.717) is 6.67 Å². The number of urea groups is 1. The molecule has 2 saturated heterocycles. The molecule has 2 aliphatic rings. The molecule has 3 amide bonds. The van der Waals surface area contributed by atoms with Crippen LogP contribution < -0.4 is 5.32 Å². The number of hydrogen-bond donors (Lipinski definition) is 1. The van der Waals surface area contributed by atoms with Crippen LogP contribution in [0.2, 0.25) is 0 Å². The molecule has 1 atom stereocenters. The summed E-state index contributed by atoms with van der Waals surface area (Å²) in [6.45, 7) is 8.72. The third kappa shape index (κ3) is 4.47. The van der Waals surface area contributed by atoms with Gasteiger partial charge >= 0.3 is 6.03 Å². The maximum atomic E-state index is 14.0. The Labute approximate surface area is 207 Å². The molecule has 2 aliphatic heterocycles. The van der Waals surface area contributed by atoms with Crippen LogP contribution in [-0.2, 0) is 16.9 Å². The van der Waals surface area contributed by atoms with E-state index in [0.717, 1.165) is 55.0 Å². The van der Waals surface area contributed by atoms with Crippen LogP contribution in [0, 0.1) is 13.8 Å². The number of piperazine rings is 1. The van der Waals surface area contributed by atoms with Gasteiger partial charge in [-0.3, -0.25) is 14.6 Å². The topological polar surface area (TPSA) is 55.9 Å². The lowest BCUT2D eigenvalue weighted by atomic mass is 9.81. The Morgan fingerprint density at radius 1 is 0.743 bits per heavy atom. The molecular weight excluding hydrogens is 436 g/mol. The summed E-state index contributed by atoms with van der Waals surface area (Å²) in [5.41, 5.74) is 3.89. The molecule has 0 saturated carbocycles. The van der Waals surface area contributed by atoms with Crippen LogP contribution in [0.25, 0.3) is 0 Å². The van der Waals surface area contributed by atoms with Gasteiger partial charge in [0.05, 0.1) is 6.67 Å². The first-order chi connectivity index (χ1) is 17.0. The average molecular weight is 469 g/mol. The lowest BCUT2D eigenvalue weighted by molar-refractivity contribution is -0.132. The first-order valence-electron chi connectivity index (χ1n) is 12.2. The number of nitrogens with one attached hydrogen (secondary N) is 1. The lowest BCUT2D eigenvalue weighted by Gasteiger charge is -2.36. The van der Waals surface area contributed by atoms with Gasteiger partial charge in [0.25, 0.3) is 5.91 Å². The van der Waals surface area contributed by atoms with Gasteiger partial charge in [0.1, 0.15) is 0 Å². The molecule has 3 aromatic rings. The molecule has 0 aliphatic carbocycles. The normalized spacial score (nSPS) is 21.4. The van der Waals surface area contributed by atoms with E-state index >= 15 is 0 Å². The molecule has 35 heavy (non-hydrogen) atoms. The summed E-state index contributed by atoms with van der Waals surface area (Å²) in [5.74, 6) is -0.219. The van der Waals surface area contributed by atoms with Gasteiger partial charge in [-0.1, -0.05) is 78.9 Å². The number of benzene rings is 3. The van der Waals surface area contributed by atoms with Crippen molar-refractivity contribution in [2.45, 2.75) is 25.9 Å². The molecule has 6 nitrogen and oxygen atoms in total. The van der Waals surface area contributed by atoms with Gasteiger partial charge in [0, 0.05) is 32.7 Å². The minimum absolute atomic E-state index is 0.219. The summed E-state index contributed by atoms with van der Waals surface area (Å²) >= 11 is 0. The molecule has 0 aromatic heterocycles. The summed E-state index contributed by atoms with van der Waals surface area (Å²) in [5, 5.41) is 3.08. The van der Waals surface area contributed by atoms with E-state index in [1.54, 1.807) is 0 Å². The molecule has 6 heteroatoms. The zero-order valence-corrected chi connectivity index (χ0v) is 20.4. The van der Waals surface area contributed by atoms with Crippen molar-refractivity contribution < 1.29 is 9.59 Å². The summed E-state index contributed by atoms with van der Waals surface area (Å²) in [6, 6.07) is 25.7. The quantitative estimate of drug-likeness (QED) is 0.558. The van der Waals surface area contributed by atoms with Gasteiger partial charge in [0.2, 0.25) is 0 Å². The van der Waals surface area contributed by atoms with Gasteiger partial charge in [-0.25, -0.2) is 9.69 Å². The summed E-state index contributed by atoms with van der Waals surface area (Å²) in [4.78, 5) is 33.3. The smallest absolute Gasteiger partial charge is 0.315 e. The molecule has 5 rings (SSSR count). The van der Waals surface area contributed by atoms with Crippen LogP contribution in [0.1, 0.15) is 27.8 Å². The molecule has 0 bridgehead atoms. The van der Waals surface area contributed by atoms with Crippen LogP contribution in [0.4, 0.5) is 4.79 Å². The number of hydrogen-bond acceptors (Lipinski definition) is 4. The third-order valence-corrected chi connectivity index (χ3v) is 7.31. The number of amides is 3. The van der Waals surface area contributed by atoms with Crippen LogP contribution in [-0.4, -0.2) is 59.5 Å². The lowest BCUT2D eigenvalue weighted by Crippen LogP contribution is -2.51. The summed E-state index contributed by atoms with van der Waals surface area (Å²) in [6.07, 6.45) is 0. The minimum atomic E-state index is -1.22. The van der Waals surface area contributed by atoms with Crippen molar-refractivity contribution in [1.82, 2.24) is 20.0 Å². The van der Waals surface area contributed by atoms with Gasteiger partial charge in [-0.2, -0.15) is 0 Å². The Hall–Kier alpha value is -3.48. The Balaban J connectivity index is 1.34. The first kappa shape index (κ1) is 23.3. The SMILES string of the molecule is Cc1ccc(C2(c3ccccc3)NC(=O)N(CN3CCN(Cc4ccccc4)CC3)C2=O)cc1C. The zero-order valence-electron chi connectivity index (χ0n) is 20.4. The second-order valence-electron chi connectivity index (χ2n) is 9.60. The van der Waals surface area contributed by atoms with E-state index in [4.69, 9.17) is 0 Å². The predicted molar refractivity (Wildman–Crippen MR) is 137 cm³/mol. The van der Waals surface area contributed by atoms with E-state index in [-0.39, 0.29) is 11.9 Å². The Bertz CT molecular complexity index is 1210. The molecule has 1 unspecified atom stereocenters. The zero-order chi connectivity index (χ0) is 24.4. The summed E-state index contributed by atoms with van der Waals surface area (Å²) in [7, 11) is 0. The molecule has 0 spiro atoms. The van der Waals surface area contributed by atoms with Gasteiger partial charge < -0.3 is 5.32 Å². The maximum absolute atomic E-state index is 14.0. The number of carbonyl (C=O) groups is 2.